The first-order valence-corrected chi connectivity index (χ1v) is 8.31. The van der Waals surface area contributed by atoms with E-state index in [0.29, 0.717) is 13.1 Å². The van der Waals surface area contributed by atoms with E-state index in [-0.39, 0.29) is 34.7 Å². The molecule has 23 heavy (non-hydrogen) atoms. The minimum absolute atomic E-state index is 0. The Morgan fingerprint density at radius 2 is 2.17 bits per heavy atom. The molecule has 0 amide bonds. The van der Waals surface area contributed by atoms with Crippen molar-refractivity contribution in [3.63, 3.8) is 0 Å². The summed E-state index contributed by atoms with van der Waals surface area (Å²) in [6.07, 6.45) is 0.761. The lowest BCUT2D eigenvalue weighted by Crippen LogP contribution is -2.30. The van der Waals surface area contributed by atoms with Crippen molar-refractivity contribution in [1.29, 1.82) is 0 Å². The molecule has 0 aliphatic carbocycles. The van der Waals surface area contributed by atoms with Crippen LogP contribution in [0.4, 0.5) is 5.69 Å². The Morgan fingerprint density at radius 3 is 2.74 bits per heavy atom. The summed E-state index contributed by atoms with van der Waals surface area (Å²) < 4.78 is 31.9. The normalized spacial score (nSPS) is 18.4. The van der Waals surface area contributed by atoms with Gasteiger partial charge >= 0.3 is 0 Å². The molecule has 1 aliphatic heterocycles. The van der Waals surface area contributed by atoms with Gasteiger partial charge < -0.3 is 10.1 Å². The van der Waals surface area contributed by atoms with Gasteiger partial charge in [-0.2, -0.15) is 4.31 Å². The van der Waals surface area contributed by atoms with Crippen molar-refractivity contribution in [2.75, 3.05) is 33.8 Å². The third-order valence-corrected chi connectivity index (χ3v) is 5.60. The van der Waals surface area contributed by atoms with Gasteiger partial charge in [-0.25, -0.2) is 8.42 Å². The molecule has 1 N–H and O–H groups in total. The summed E-state index contributed by atoms with van der Waals surface area (Å²) in [7, 11) is -0.651. The summed E-state index contributed by atoms with van der Waals surface area (Å²) >= 11 is 0. The molecule has 1 aromatic carbocycles. The van der Waals surface area contributed by atoms with Gasteiger partial charge in [0.1, 0.15) is 10.6 Å². The molecule has 8 nitrogen and oxygen atoms in total. The molecule has 0 saturated carbocycles. The third kappa shape index (κ3) is 4.11. The average molecular weight is 366 g/mol. The van der Waals surface area contributed by atoms with Crippen LogP contribution in [-0.4, -0.2) is 51.4 Å². The molecule has 130 valence electrons. The molecule has 10 heteroatoms. The summed E-state index contributed by atoms with van der Waals surface area (Å²) in [6, 6.07) is 3.59. The van der Waals surface area contributed by atoms with Crippen LogP contribution in [0.2, 0.25) is 0 Å². The molecule has 1 heterocycles. The predicted octanol–water partition coefficient (Wildman–Crippen LogP) is 1.26. The van der Waals surface area contributed by atoms with E-state index >= 15 is 0 Å². The lowest BCUT2D eigenvalue weighted by atomic mass is 10.1. The maximum atomic E-state index is 12.7. The Bertz CT molecular complexity index is 668. The number of benzene rings is 1. The van der Waals surface area contributed by atoms with Gasteiger partial charge in [0.25, 0.3) is 5.69 Å². The van der Waals surface area contributed by atoms with Crippen LogP contribution in [0.5, 0.6) is 5.75 Å². The topological polar surface area (TPSA) is 102 Å². The molecular formula is C13H20ClN3O5S. The maximum absolute atomic E-state index is 12.7. The lowest BCUT2D eigenvalue weighted by Gasteiger charge is -2.18. The zero-order valence-electron chi connectivity index (χ0n) is 12.9. The smallest absolute Gasteiger partial charge is 0.271 e. The van der Waals surface area contributed by atoms with E-state index in [9.17, 15) is 18.5 Å². The van der Waals surface area contributed by atoms with Gasteiger partial charge in [0.15, 0.2) is 0 Å². The van der Waals surface area contributed by atoms with Crippen molar-refractivity contribution < 1.29 is 18.1 Å². The molecule has 1 unspecified atom stereocenters. The number of sulfonamides is 1. The maximum Gasteiger partial charge on any atom is 0.271 e. The quantitative estimate of drug-likeness (QED) is 0.601. The van der Waals surface area contributed by atoms with E-state index < -0.39 is 14.9 Å². The van der Waals surface area contributed by atoms with Crippen LogP contribution in [0.15, 0.2) is 23.1 Å². The number of nitro groups is 1. The number of methoxy groups -OCH3 is 1. The van der Waals surface area contributed by atoms with E-state index in [2.05, 4.69) is 5.32 Å². The Balaban J connectivity index is 0.00000264. The number of ether oxygens (including phenoxy) is 1. The van der Waals surface area contributed by atoms with Crippen molar-refractivity contribution in [1.82, 2.24) is 9.62 Å². The van der Waals surface area contributed by atoms with Crippen molar-refractivity contribution >= 4 is 28.1 Å². The van der Waals surface area contributed by atoms with E-state index in [1.165, 1.54) is 23.5 Å². The van der Waals surface area contributed by atoms with Gasteiger partial charge in [0, 0.05) is 25.2 Å². The fourth-order valence-corrected chi connectivity index (χ4v) is 4.30. The molecule has 0 radical (unpaired) electrons. The lowest BCUT2D eigenvalue weighted by molar-refractivity contribution is -0.385. The summed E-state index contributed by atoms with van der Waals surface area (Å²) in [5.74, 6) is 0.354. The number of rotatable bonds is 6. The fraction of sp³-hybridized carbons (Fsp3) is 0.538. The fourth-order valence-electron chi connectivity index (χ4n) is 2.59. The molecule has 1 atom stereocenters. The average Bonchev–Trinajstić information content (AvgIpc) is 2.96. The second-order valence-electron chi connectivity index (χ2n) is 5.17. The number of hydrogen-bond acceptors (Lipinski definition) is 6. The van der Waals surface area contributed by atoms with Gasteiger partial charge in [-0.05, 0) is 32.0 Å². The van der Waals surface area contributed by atoms with E-state index in [4.69, 9.17) is 4.74 Å². The summed E-state index contributed by atoms with van der Waals surface area (Å²) in [6.45, 7) is 1.54. The third-order valence-electron chi connectivity index (χ3n) is 3.72. The summed E-state index contributed by atoms with van der Waals surface area (Å²) in [4.78, 5) is 10.1. The first kappa shape index (κ1) is 19.6. The van der Waals surface area contributed by atoms with Crippen molar-refractivity contribution in [2.24, 2.45) is 5.92 Å². The summed E-state index contributed by atoms with van der Waals surface area (Å²) in [5.41, 5.74) is -0.273. The summed E-state index contributed by atoms with van der Waals surface area (Å²) in [5, 5.41) is 13.9. The first-order chi connectivity index (χ1) is 10.4. The molecule has 0 aromatic heterocycles. The molecule has 1 aromatic rings. The Labute approximate surface area is 141 Å². The number of hydrogen-bond donors (Lipinski definition) is 1. The van der Waals surface area contributed by atoms with Gasteiger partial charge in [0.2, 0.25) is 10.0 Å². The van der Waals surface area contributed by atoms with Crippen molar-refractivity contribution in [2.45, 2.75) is 11.3 Å². The Morgan fingerprint density at radius 1 is 1.48 bits per heavy atom. The van der Waals surface area contributed by atoms with Gasteiger partial charge in [-0.1, -0.05) is 0 Å². The molecule has 1 aliphatic rings. The van der Waals surface area contributed by atoms with Gasteiger partial charge in [-0.15, -0.1) is 12.4 Å². The SMILES string of the molecule is CNCC1CCN(S(=O)(=O)c2cc([N+](=O)[O-])ccc2OC)C1.Cl. The van der Waals surface area contributed by atoms with Crippen LogP contribution in [0, 0.1) is 16.0 Å². The zero-order valence-corrected chi connectivity index (χ0v) is 14.5. The van der Waals surface area contributed by atoms with Gasteiger partial charge in [-0.3, -0.25) is 10.1 Å². The number of halogens is 1. The van der Waals surface area contributed by atoms with Crippen LogP contribution >= 0.6 is 12.4 Å². The van der Waals surface area contributed by atoms with Crippen molar-refractivity contribution in [3.8, 4) is 5.75 Å². The highest BCUT2D eigenvalue weighted by Gasteiger charge is 2.35. The second-order valence-corrected chi connectivity index (χ2v) is 7.07. The highest BCUT2D eigenvalue weighted by atomic mass is 35.5. The number of nitrogens with one attached hydrogen (secondary N) is 1. The van der Waals surface area contributed by atoms with Crippen LogP contribution in [0.25, 0.3) is 0 Å². The minimum Gasteiger partial charge on any atom is -0.495 e. The number of non-ortho nitro benzene ring substituents is 1. The molecule has 2 rings (SSSR count). The minimum atomic E-state index is -3.81. The molecule has 1 fully saturated rings. The van der Waals surface area contributed by atoms with E-state index in [1.807, 2.05) is 7.05 Å². The largest absolute Gasteiger partial charge is 0.495 e. The molecule has 0 bridgehead atoms. The zero-order chi connectivity index (χ0) is 16.3. The van der Waals surface area contributed by atoms with Crippen LogP contribution < -0.4 is 10.1 Å². The Kier molecular flexibility index (Phi) is 6.75. The molecule has 1 saturated heterocycles. The standard InChI is InChI=1S/C13H19N3O5S.ClH/c1-14-8-10-5-6-15(9-10)22(19,20)13-7-11(16(17)18)3-4-12(13)21-2;/h3-4,7,10,14H,5-6,8-9H2,1-2H3;1H. The monoisotopic (exact) mass is 365 g/mol. The molecule has 0 spiro atoms. The number of nitro benzene ring substituents is 1. The molecular weight excluding hydrogens is 346 g/mol. The van der Waals surface area contributed by atoms with E-state index in [1.54, 1.807) is 0 Å². The highest BCUT2D eigenvalue weighted by Crippen LogP contribution is 2.32. The van der Waals surface area contributed by atoms with Crippen LogP contribution in [0.3, 0.4) is 0 Å². The Hall–Kier alpha value is -1.42. The van der Waals surface area contributed by atoms with E-state index in [0.717, 1.165) is 19.0 Å². The second kappa shape index (κ2) is 7.91. The highest BCUT2D eigenvalue weighted by molar-refractivity contribution is 7.89. The number of nitrogens with zero attached hydrogens (tertiary/aromatic N) is 2. The van der Waals surface area contributed by atoms with Crippen LogP contribution in [0.1, 0.15) is 6.42 Å². The van der Waals surface area contributed by atoms with Crippen LogP contribution in [-0.2, 0) is 10.0 Å². The van der Waals surface area contributed by atoms with Gasteiger partial charge in [0.05, 0.1) is 12.0 Å². The van der Waals surface area contributed by atoms with Crippen molar-refractivity contribution in [3.05, 3.63) is 28.3 Å². The first-order valence-electron chi connectivity index (χ1n) is 6.87. The predicted molar refractivity (Wildman–Crippen MR) is 87.7 cm³/mol.